The van der Waals surface area contributed by atoms with Crippen LogP contribution in [-0.4, -0.2) is 47.3 Å². The number of carbonyl (C=O) groups is 1. The number of aryl methyl sites for hydroxylation is 1. The monoisotopic (exact) mass is 348 g/mol. The van der Waals surface area contributed by atoms with E-state index in [4.69, 9.17) is 4.74 Å². The first-order chi connectivity index (χ1) is 12.1. The molecule has 3 atom stereocenters. The molecule has 1 amide bonds. The third-order valence-electron chi connectivity index (χ3n) is 5.26. The number of piperidine rings is 1. The van der Waals surface area contributed by atoms with Crippen LogP contribution in [0.3, 0.4) is 0 Å². The fourth-order valence-electron chi connectivity index (χ4n) is 3.71. The molecule has 1 aromatic heterocycles. The maximum atomic E-state index is 12.6. The lowest BCUT2D eigenvalue weighted by molar-refractivity contribution is -0.130. The zero-order chi connectivity index (χ0) is 17.8. The Morgan fingerprint density at radius 2 is 2.28 bits per heavy atom. The lowest BCUT2D eigenvalue weighted by atomic mass is 9.93. The van der Waals surface area contributed by atoms with Crippen molar-refractivity contribution in [3.63, 3.8) is 0 Å². The first kappa shape index (κ1) is 17.9. The summed E-state index contributed by atoms with van der Waals surface area (Å²) in [4.78, 5) is 31.1. The number of aromatic nitrogens is 2. The van der Waals surface area contributed by atoms with Gasteiger partial charge in [-0.3, -0.25) is 9.59 Å². The summed E-state index contributed by atoms with van der Waals surface area (Å²) in [7, 11) is 1.73. The lowest BCUT2D eigenvalue weighted by Gasteiger charge is -2.35. The van der Waals surface area contributed by atoms with Gasteiger partial charge in [0.1, 0.15) is 0 Å². The van der Waals surface area contributed by atoms with Gasteiger partial charge in [0.25, 0.3) is 5.56 Å². The van der Waals surface area contributed by atoms with Crippen molar-refractivity contribution in [3.8, 4) is 0 Å². The maximum absolute atomic E-state index is 12.6. The lowest BCUT2D eigenvalue weighted by Crippen LogP contribution is -2.51. The van der Waals surface area contributed by atoms with Crippen LogP contribution >= 0.6 is 0 Å². The number of rotatable bonds is 4. The molecular formula is C18H28N4O3. The summed E-state index contributed by atoms with van der Waals surface area (Å²) < 4.78 is 7.20. The fourth-order valence-corrected chi connectivity index (χ4v) is 3.71. The largest absolute Gasteiger partial charge is 0.378 e. The molecule has 0 aliphatic carbocycles. The van der Waals surface area contributed by atoms with Crippen LogP contribution in [0.25, 0.3) is 0 Å². The number of hydrogen-bond acceptors (Lipinski definition) is 5. The number of amides is 1. The normalized spacial score (nSPS) is 27.1. The molecule has 2 fully saturated rings. The number of anilines is 1. The molecule has 0 spiro atoms. The van der Waals surface area contributed by atoms with Crippen LogP contribution in [0.5, 0.6) is 0 Å². The van der Waals surface area contributed by atoms with E-state index in [0.717, 1.165) is 38.6 Å². The van der Waals surface area contributed by atoms with Crippen LogP contribution in [0.2, 0.25) is 0 Å². The van der Waals surface area contributed by atoms with E-state index in [1.54, 1.807) is 19.4 Å². The number of carbonyl (C=O) groups excluding carboxylic acids is 1. The van der Waals surface area contributed by atoms with Gasteiger partial charge in [0.05, 0.1) is 6.10 Å². The zero-order valence-corrected chi connectivity index (χ0v) is 15.1. The van der Waals surface area contributed by atoms with Crippen LogP contribution in [0, 0.1) is 5.92 Å². The summed E-state index contributed by atoms with van der Waals surface area (Å²) in [6, 6.07) is 0.0656. The smallest absolute Gasteiger partial charge is 0.293 e. The molecule has 3 unspecified atom stereocenters. The average Bonchev–Trinajstić information content (AvgIpc) is 2.64. The predicted molar refractivity (Wildman–Crippen MR) is 95.6 cm³/mol. The van der Waals surface area contributed by atoms with Gasteiger partial charge in [-0.1, -0.05) is 6.92 Å². The van der Waals surface area contributed by atoms with Gasteiger partial charge < -0.3 is 19.5 Å². The van der Waals surface area contributed by atoms with Crippen molar-refractivity contribution in [2.75, 3.05) is 24.6 Å². The SMILES string of the molecule is CCC1CC(C(=O)NC2CCCN(c3nccn(C)c3=O)C2)CCO1. The minimum atomic E-state index is -0.0929. The number of nitrogens with zero attached hydrogens (tertiary/aromatic N) is 3. The Hall–Kier alpha value is -1.89. The van der Waals surface area contributed by atoms with E-state index in [9.17, 15) is 9.59 Å². The third kappa shape index (κ3) is 4.21. The average molecular weight is 348 g/mol. The molecule has 2 aliphatic rings. The number of ether oxygens (including phenoxy) is 1. The summed E-state index contributed by atoms with van der Waals surface area (Å²) in [5.74, 6) is 0.639. The Balaban J connectivity index is 1.61. The van der Waals surface area contributed by atoms with Crippen LogP contribution in [0.4, 0.5) is 5.82 Å². The van der Waals surface area contributed by atoms with Gasteiger partial charge in [0.15, 0.2) is 5.82 Å². The molecule has 3 rings (SSSR count). The standard InChI is InChI=1S/C18H28N4O3/c1-3-15-11-13(6-10-25-15)17(23)20-14-5-4-8-22(12-14)16-18(24)21(2)9-7-19-16/h7,9,13-15H,3-6,8,10-12H2,1-2H3,(H,20,23). The van der Waals surface area contributed by atoms with Crippen molar-refractivity contribution >= 4 is 11.7 Å². The second-order valence-corrected chi connectivity index (χ2v) is 7.08. The first-order valence-corrected chi connectivity index (χ1v) is 9.27. The molecule has 7 nitrogen and oxygen atoms in total. The van der Waals surface area contributed by atoms with Crippen molar-refractivity contribution < 1.29 is 9.53 Å². The van der Waals surface area contributed by atoms with Crippen LogP contribution in [0.15, 0.2) is 17.2 Å². The minimum absolute atomic E-state index is 0.0387. The molecule has 0 bridgehead atoms. The second kappa shape index (κ2) is 7.99. The van der Waals surface area contributed by atoms with E-state index >= 15 is 0 Å². The Bertz CT molecular complexity index is 660. The highest BCUT2D eigenvalue weighted by atomic mass is 16.5. The molecule has 2 aliphatic heterocycles. The summed E-state index contributed by atoms with van der Waals surface area (Å²) >= 11 is 0. The van der Waals surface area contributed by atoms with E-state index < -0.39 is 0 Å². The maximum Gasteiger partial charge on any atom is 0.293 e. The Morgan fingerprint density at radius 1 is 1.44 bits per heavy atom. The van der Waals surface area contributed by atoms with Crippen molar-refractivity contribution in [1.82, 2.24) is 14.9 Å². The molecule has 0 saturated carbocycles. The molecule has 7 heteroatoms. The van der Waals surface area contributed by atoms with Gasteiger partial charge in [-0.2, -0.15) is 0 Å². The number of nitrogens with one attached hydrogen (secondary N) is 1. The predicted octanol–water partition coefficient (Wildman–Crippen LogP) is 1.07. The van der Waals surface area contributed by atoms with Gasteiger partial charge in [-0.15, -0.1) is 0 Å². The molecule has 0 radical (unpaired) electrons. The highest BCUT2D eigenvalue weighted by Gasteiger charge is 2.30. The summed E-state index contributed by atoms with van der Waals surface area (Å²) in [6.07, 6.45) is 7.93. The molecular weight excluding hydrogens is 320 g/mol. The number of hydrogen-bond donors (Lipinski definition) is 1. The van der Waals surface area contributed by atoms with Crippen molar-refractivity contribution in [2.45, 2.75) is 51.2 Å². The fraction of sp³-hybridized carbons (Fsp3) is 0.722. The molecule has 25 heavy (non-hydrogen) atoms. The van der Waals surface area contributed by atoms with Gasteiger partial charge in [0.2, 0.25) is 5.91 Å². The Kier molecular flexibility index (Phi) is 5.73. The molecule has 1 aromatic rings. The summed E-state index contributed by atoms with van der Waals surface area (Å²) in [6.45, 7) is 4.20. The minimum Gasteiger partial charge on any atom is -0.378 e. The van der Waals surface area contributed by atoms with Crippen molar-refractivity contribution in [1.29, 1.82) is 0 Å². The van der Waals surface area contributed by atoms with Crippen LogP contribution < -0.4 is 15.8 Å². The molecule has 1 N–H and O–H groups in total. The van der Waals surface area contributed by atoms with Crippen LogP contribution in [-0.2, 0) is 16.6 Å². The zero-order valence-electron chi connectivity index (χ0n) is 15.1. The van der Waals surface area contributed by atoms with Crippen LogP contribution in [0.1, 0.15) is 39.0 Å². The molecule has 3 heterocycles. The Morgan fingerprint density at radius 3 is 3.08 bits per heavy atom. The van der Waals surface area contributed by atoms with Gasteiger partial charge >= 0.3 is 0 Å². The second-order valence-electron chi connectivity index (χ2n) is 7.08. The van der Waals surface area contributed by atoms with Gasteiger partial charge in [-0.05, 0) is 32.1 Å². The topological polar surface area (TPSA) is 76.5 Å². The summed E-state index contributed by atoms with van der Waals surface area (Å²) in [5.41, 5.74) is -0.0929. The Labute approximate surface area is 148 Å². The van der Waals surface area contributed by atoms with Crippen molar-refractivity contribution in [3.05, 3.63) is 22.7 Å². The quantitative estimate of drug-likeness (QED) is 0.881. The van der Waals surface area contributed by atoms with E-state index in [1.807, 2.05) is 4.90 Å². The van der Waals surface area contributed by atoms with Gasteiger partial charge in [0, 0.05) is 51.1 Å². The first-order valence-electron chi connectivity index (χ1n) is 9.27. The van der Waals surface area contributed by atoms with E-state index in [-0.39, 0.29) is 29.5 Å². The molecule has 0 aromatic carbocycles. The third-order valence-corrected chi connectivity index (χ3v) is 5.26. The highest BCUT2D eigenvalue weighted by molar-refractivity contribution is 5.79. The molecule has 138 valence electrons. The summed E-state index contributed by atoms with van der Waals surface area (Å²) in [5, 5.41) is 3.19. The van der Waals surface area contributed by atoms with E-state index in [0.29, 0.717) is 19.0 Å². The highest BCUT2D eigenvalue weighted by Crippen LogP contribution is 2.23. The molecule has 2 saturated heterocycles. The van der Waals surface area contributed by atoms with Crippen molar-refractivity contribution in [2.24, 2.45) is 13.0 Å². The van der Waals surface area contributed by atoms with Gasteiger partial charge in [-0.25, -0.2) is 4.98 Å². The van der Waals surface area contributed by atoms with E-state index in [1.165, 1.54) is 4.57 Å². The van der Waals surface area contributed by atoms with E-state index in [2.05, 4.69) is 17.2 Å².